The van der Waals surface area contributed by atoms with Crippen LogP contribution in [0.1, 0.15) is 36.0 Å². The maximum Gasteiger partial charge on any atom is 0.258 e. The summed E-state index contributed by atoms with van der Waals surface area (Å²) < 4.78 is 18.9. The van der Waals surface area contributed by atoms with Crippen LogP contribution in [0, 0.1) is 17.7 Å². The first-order valence-corrected chi connectivity index (χ1v) is 7.87. The van der Waals surface area contributed by atoms with Gasteiger partial charge in [-0.2, -0.15) is 0 Å². The Bertz CT molecular complexity index is 495. The molecule has 1 amide bonds. The molecule has 0 aromatic heterocycles. The van der Waals surface area contributed by atoms with E-state index in [-0.39, 0.29) is 11.3 Å². The molecule has 2 unspecified atom stereocenters. The number of alkyl halides is 1. The molecule has 21 heavy (non-hydrogen) atoms. The van der Waals surface area contributed by atoms with E-state index < -0.39 is 11.7 Å². The first kappa shape index (κ1) is 16.1. The molecule has 0 spiro atoms. The molecule has 0 radical (unpaired) electrons. The topological polar surface area (TPSA) is 38.3 Å². The normalized spacial score (nSPS) is 21.9. The van der Waals surface area contributed by atoms with Crippen LogP contribution < -0.4 is 10.1 Å². The number of methoxy groups -OCH3 is 1. The van der Waals surface area contributed by atoms with Gasteiger partial charge in [0, 0.05) is 12.4 Å². The second kappa shape index (κ2) is 7.64. The van der Waals surface area contributed by atoms with Crippen LogP contribution in [-0.4, -0.2) is 25.4 Å². The van der Waals surface area contributed by atoms with Gasteiger partial charge >= 0.3 is 0 Å². The highest BCUT2D eigenvalue weighted by Crippen LogP contribution is 2.30. The number of hydrogen-bond acceptors (Lipinski definition) is 2. The lowest BCUT2D eigenvalue weighted by atomic mass is 9.80. The van der Waals surface area contributed by atoms with E-state index >= 15 is 0 Å². The van der Waals surface area contributed by atoms with Gasteiger partial charge in [-0.3, -0.25) is 4.79 Å². The van der Waals surface area contributed by atoms with Crippen LogP contribution in [0.4, 0.5) is 4.39 Å². The molecule has 1 fully saturated rings. The van der Waals surface area contributed by atoms with Crippen LogP contribution in [0.15, 0.2) is 18.2 Å². The Labute approximate surface area is 129 Å². The molecule has 116 valence electrons. The van der Waals surface area contributed by atoms with Gasteiger partial charge in [0.2, 0.25) is 0 Å². The molecule has 1 N–H and O–H groups in total. The van der Waals surface area contributed by atoms with Gasteiger partial charge in [0.05, 0.1) is 7.11 Å². The number of amides is 1. The first-order chi connectivity index (χ1) is 10.2. The molecule has 2 rings (SSSR count). The number of rotatable bonds is 5. The van der Waals surface area contributed by atoms with Gasteiger partial charge in [-0.25, -0.2) is 4.39 Å². The SMILES string of the molecule is COc1cccc(F)c1C(=O)NCC1CCCCC1CCl. The van der Waals surface area contributed by atoms with E-state index in [0.29, 0.717) is 24.3 Å². The van der Waals surface area contributed by atoms with E-state index in [4.69, 9.17) is 16.3 Å². The third-order valence-corrected chi connectivity index (χ3v) is 4.61. The molecular formula is C16H21ClFNO2. The van der Waals surface area contributed by atoms with E-state index in [2.05, 4.69) is 5.32 Å². The molecule has 1 aliphatic rings. The Kier molecular flexibility index (Phi) is 5.85. The Hall–Kier alpha value is -1.29. The third-order valence-electron chi connectivity index (χ3n) is 4.21. The quantitative estimate of drug-likeness (QED) is 0.843. The lowest BCUT2D eigenvalue weighted by Crippen LogP contribution is -2.35. The Balaban J connectivity index is 2.01. The highest BCUT2D eigenvalue weighted by Gasteiger charge is 2.25. The van der Waals surface area contributed by atoms with Crippen LogP contribution in [0.2, 0.25) is 0 Å². The average molecular weight is 314 g/mol. The predicted octanol–water partition coefficient (Wildman–Crippen LogP) is 3.61. The Morgan fingerprint density at radius 2 is 2.10 bits per heavy atom. The van der Waals surface area contributed by atoms with E-state index in [1.807, 2.05) is 0 Å². The zero-order valence-electron chi connectivity index (χ0n) is 12.2. The number of nitrogens with one attached hydrogen (secondary N) is 1. The van der Waals surface area contributed by atoms with Crippen LogP contribution >= 0.6 is 11.6 Å². The van der Waals surface area contributed by atoms with Crippen molar-refractivity contribution in [1.29, 1.82) is 0 Å². The van der Waals surface area contributed by atoms with Gasteiger partial charge < -0.3 is 10.1 Å². The summed E-state index contributed by atoms with van der Waals surface area (Å²) in [7, 11) is 1.43. The molecule has 1 aromatic carbocycles. The zero-order valence-corrected chi connectivity index (χ0v) is 13.0. The number of halogens is 2. The standard InChI is InChI=1S/C16H21ClFNO2/c1-21-14-8-4-7-13(18)15(14)16(20)19-10-12-6-3-2-5-11(12)9-17/h4,7-8,11-12H,2-3,5-6,9-10H2,1H3,(H,19,20). The Morgan fingerprint density at radius 3 is 2.76 bits per heavy atom. The van der Waals surface area contributed by atoms with Crippen molar-refractivity contribution in [3.05, 3.63) is 29.6 Å². The molecule has 1 aromatic rings. The smallest absolute Gasteiger partial charge is 0.258 e. The fourth-order valence-corrected chi connectivity index (χ4v) is 3.37. The monoisotopic (exact) mass is 313 g/mol. The number of carbonyl (C=O) groups excluding carboxylic acids is 1. The predicted molar refractivity (Wildman–Crippen MR) is 81.5 cm³/mol. The second-order valence-electron chi connectivity index (χ2n) is 5.49. The summed E-state index contributed by atoms with van der Waals surface area (Å²) in [5.74, 6) is 0.684. The van der Waals surface area contributed by atoms with Gasteiger partial charge in [0.15, 0.2) is 0 Å². The van der Waals surface area contributed by atoms with Crippen molar-refractivity contribution in [3.8, 4) is 5.75 Å². The molecular weight excluding hydrogens is 293 g/mol. The molecule has 0 saturated heterocycles. The number of benzene rings is 1. The van der Waals surface area contributed by atoms with E-state index in [0.717, 1.165) is 19.3 Å². The molecule has 5 heteroatoms. The summed E-state index contributed by atoms with van der Waals surface area (Å²) >= 11 is 5.99. The molecule has 0 heterocycles. The van der Waals surface area contributed by atoms with Gasteiger partial charge in [-0.1, -0.05) is 18.9 Å². The Morgan fingerprint density at radius 1 is 1.38 bits per heavy atom. The minimum Gasteiger partial charge on any atom is -0.496 e. The summed E-state index contributed by atoms with van der Waals surface area (Å²) in [6.07, 6.45) is 4.53. The molecule has 3 nitrogen and oxygen atoms in total. The van der Waals surface area contributed by atoms with Crippen LogP contribution in [-0.2, 0) is 0 Å². The van der Waals surface area contributed by atoms with Crippen molar-refractivity contribution in [2.45, 2.75) is 25.7 Å². The maximum atomic E-state index is 13.8. The largest absolute Gasteiger partial charge is 0.496 e. The van der Waals surface area contributed by atoms with Crippen LogP contribution in [0.5, 0.6) is 5.75 Å². The van der Waals surface area contributed by atoms with Gasteiger partial charge in [0.25, 0.3) is 5.91 Å². The van der Waals surface area contributed by atoms with Gasteiger partial charge in [0.1, 0.15) is 17.1 Å². The lowest BCUT2D eigenvalue weighted by molar-refractivity contribution is 0.0929. The van der Waals surface area contributed by atoms with Gasteiger partial charge in [-0.15, -0.1) is 11.6 Å². The van der Waals surface area contributed by atoms with Gasteiger partial charge in [-0.05, 0) is 36.8 Å². The summed E-state index contributed by atoms with van der Waals surface area (Å²) in [5.41, 5.74) is -0.0294. The number of ether oxygens (including phenoxy) is 1. The van der Waals surface area contributed by atoms with Crippen LogP contribution in [0.25, 0.3) is 0 Å². The maximum absolute atomic E-state index is 13.8. The van der Waals surface area contributed by atoms with Crippen LogP contribution in [0.3, 0.4) is 0 Å². The number of carbonyl (C=O) groups is 1. The lowest BCUT2D eigenvalue weighted by Gasteiger charge is -2.30. The van der Waals surface area contributed by atoms with Crippen molar-refractivity contribution >= 4 is 17.5 Å². The summed E-state index contributed by atoms with van der Waals surface area (Å²) in [4.78, 5) is 12.2. The van der Waals surface area contributed by atoms with E-state index in [1.165, 1.54) is 25.7 Å². The van der Waals surface area contributed by atoms with Crippen molar-refractivity contribution in [3.63, 3.8) is 0 Å². The summed E-state index contributed by atoms with van der Waals surface area (Å²) in [6, 6.07) is 4.37. The fraction of sp³-hybridized carbons (Fsp3) is 0.562. The minimum absolute atomic E-state index is 0.0294. The minimum atomic E-state index is -0.565. The average Bonchev–Trinajstić information content (AvgIpc) is 2.52. The third kappa shape index (κ3) is 3.88. The molecule has 1 aliphatic carbocycles. The van der Waals surface area contributed by atoms with Crippen molar-refractivity contribution in [2.24, 2.45) is 11.8 Å². The first-order valence-electron chi connectivity index (χ1n) is 7.34. The number of hydrogen-bond donors (Lipinski definition) is 1. The van der Waals surface area contributed by atoms with Crippen molar-refractivity contribution in [1.82, 2.24) is 5.32 Å². The highest BCUT2D eigenvalue weighted by molar-refractivity contribution is 6.18. The van der Waals surface area contributed by atoms with Crippen molar-refractivity contribution < 1.29 is 13.9 Å². The second-order valence-corrected chi connectivity index (χ2v) is 5.79. The molecule has 0 bridgehead atoms. The summed E-state index contributed by atoms with van der Waals surface area (Å²) in [6.45, 7) is 0.535. The highest BCUT2D eigenvalue weighted by atomic mass is 35.5. The van der Waals surface area contributed by atoms with E-state index in [9.17, 15) is 9.18 Å². The van der Waals surface area contributed by atoms with Crippen molar-refractivity contribution in [2.75, 3.05) is 19.5 Å². The summed E-state index contributed by atoms with van der Waals surface area (Å²) in [5, 5.41) is 2.83. The molecule has 2 atom stereocenters. The fourth-order valence-electron chi connectivity index (χ4n) is 2.96. The molecule has 0 aliphatic heterocycles. The molecule has 1 saturated carbocycles. The van der Waals surface area contributed by atoms with E-state index in [1.54, 1.807) is 6.07 Å². The zero-order chi connectivity index (χ0) is 15.2.